The summed E-state index contributed by atoms with van der Waals surface area (Å²) >= 11 is 5.67. The molecule has 0 spiro atoms. The van der Waals surface area contributed by atoms with E-state index in [9.17, 15) is 12.3 Å². The Morgan fingerprint density at radius 1 is 1.47 bits per heavy atom. The molecule has 15 heavy (non-hydrogen) atoms. The lowest BCUT2D eigenvalue weighted by molar-refractivity contribution is 0.551. The van der Waals surface area contributed by atoms with Gasteiger partial charge in [0.05, 0.1) is 0 Å². The Bertz CT molecular complexity index is 463. The Hall–Kier alpha value is -0.950. The van der Waals surface area contributed by atoms with Gasteiger partial charge >= 0.3 is 10.2 Å². The van der Waals surface area contributed by atoms with Gasteiger partial charge in [-0.1, -0.05) is 11.6 Å². The fourth-order valence-corrected chi connectivity index (χ4v) is 1.95. The molecule has 0 aliphatic carbocycles. The second kappa shape index (κ2) is 4.28. The molecule has 0 aromatic carbocycles. The van der Waals surface area contributed by atoms with Gasteiger partial charge in [0.15, 0.2) is 0 Å². The highest BCUT2D eigenvalue weighted by Gasteiger charge is 2.18. The minimum absolute atomic E-state index is 0.0603. The fourth-order valence-electron chi connectivity index (χ4n) is 1.06. The molecule has 0 bridgehead atoms. The highest BCUT2D eigenvalue weighted by molar-refractivity contribution is 7.85. The molecule has 0 radical (unpaired) electrons. The first-order valence-corrected chi connectivity index (χ1v) is 5.83. The van der Waals surface area contributed by atoms with Gasteiger partial charge in [-0.25, -0.2) is 9.97 Å². The van der Waals surface area contributed by atoms with Crippen LogP contribution in [-0.4, -0.2) is 32.5 Å². The minimum Gasteiger partial charge on any atom is -0.362 e. The molecular formula is C7H9ClFN3O2S. The predicted octanol–water partition coefficient (Wildman–Crippen LogP) is 0.995. The molecule has 0 amide bonds. The van der Waals surface area contributed by atoms with Crippen molar-refractivity contribution in [3.63, 3.8) is 0 Å². The summed E-state index contributed by atoms with van der Waals surface area (Å²) < 4.78 is 33.6. The van der Waals surface area contributed by atoms with Crippen LogP contribution in [0, 0.1) is 0 Å². The van der Waals surface area contributed by atoms with Crippen LogP contribution in [0.4, 0.5) is 9.70 Å². The van der Waals surface area contributed by atoms with E-state index in [1.165, 1.54) is 11.2 Å². The maximum atomic E-state index is 12.5. The van der Waals surface area contributed by atoms with Gasteiger partial charge in [0.2, 0.25) is 0 Å². The van der Waals surface area contributed by atoms with Gasteiger partial charge in [0.1, 0.15) is 23.1 Å². The molecule has 1 aromatic heterocycles. The normalized spacial score (nSPS) is 11.5. The molecule has 0 aliphatic heterocycles. The molecule has 8 heteroatoms. The Balaban J connectivity index is 3.25. The van der Waals surface area contributed by atoms with Crippen LogP contribution < -0.4 is 4.90 Å². The second-order valence-corrected chi connectivity index (χ2v) is 4.77. The molecular weight excluding hydrogens is 245 g/mol. The third-order valence-electron chi connectivity index (χ3n) is 1.61. The van der Waals surface area contributed by atoms with E-state index in [0.29, 0.717) is 0 Å². The summed E-state index contributed by atoms with van der Waals surface area (Å²) in [4.78, 5) is 8.96. The molecule has 0 N–H and O–H groups in total. The van der Waals surface area contributed by atoms with Crippen LogP contribution in [-0.2, 0) is 16.0 Å². The molecule has 0 atom stereocenters. The van der Waals surface area contributed by atoms with Crippen molar-refractivity contribution in [1.82, 2.24) is 9.97 Å². The van der Waals surface area contributed by atoms with Crippen LogP contribution in [0.2, 0.25) is 5.15 Å². The number of hydrogen-bond acceptors (Lipinski definition) is 5. The van der Waals surface area contributed by atoms with Gasteiger partial charge in [0, 0.05) is 19.7 Å². The van der Waals surface area contributed by atoms with Gasteiger partial charge in [-0.3, -0.25) is 0 Å². The fraction of sp³-hybridized carbons (Fsp3) is 0.429. The van der Waals surface area contributed by atoms with E-state index in [2.05, 4.69) is 9.97 Å². The Labute approximate surface area is 92.1 Å². The van der Waals surface area contributed by atoms with Gasteiger partial charge in [-0.05, 0) is 0 Å². The third kappa shape index (κ3) is 3.28. The molecule has 0 fully saturated rings. The Morgan fingerprint density at radius 3 is 2.53 bits per heavy atom. The summed E-state index contributed by atoms with van der Waals surface area (Å²) in [5.41, 5.74) is 0.0617. The van der Waals surface area contributed by atoms with Gasteiger partial charge < -0.3 is 4.90 Å². The predicted molar refractivity (Wildman–Crippen MR) is 55.1 cm³/mol. The van der Waals surface area contributed by atoms with E-state index in [1.54, 1.807) is 14.1 Å². The summed E-state index contributed by atoms with van der Waals surface area (Å²) in [5.74, 6) is -0.531. The molecule has 0 saturated carbocycles. The molecule has 0 unspecified atom stereocenters. The van der Waals surface area contributed by atoms with E-state index >= 15 is 0 Å². The topological polar surface area (TPSA) is 63.2 Å². The second-order valence-electron chi connectivity index (χ2n) is 3.04. The van der Waals surface area contributed by atoms with E-state index in [-0.39, 0.29) is 16.5 Å². The molecule has 84 valence electrons. The molecule has 1 heterocycles. The average Bonchev–Trinajstić information content (AvgIpc) is 2.05. The summed E-state index contributed by atoms with van der Waals surface area (Å²) in [6.45, 7) is 0. The van der Waals surface area contributed by atoms with E-state index < -0.39 is 16.0 Å². The third-order valence-corrected chi connectivity index (χ3v) is 2.57. The van der Waals surface area contributed by atoms with Crippen LogP contribution in [0.1, 0.15) is 5.56 Å². The summed E-state index contributed by atoms with van der Waals surface area (Å²) in [5, 5.41) is -0.0603. The summed E-state index contributed by atoms with van der Waals surface area (Å²) in [6, 6.07) is 0. The van der Waals surface area contributed by atoms with Crippen molar-refractivity contribution in [2.24, 2.45) is 0 Å². The van der Waals surface area contributed by atoms with Crippen LogP contribution in [0.5, 0.6) is 0 Å². The van der Waals surface area contributed by atoms with Gasteiger partial charge in [-0.15, -0.1) is 3.89 Å². The van der Waals surface area contributed by atoms with Crippen molar-refractivity contribution >= 4 is 27.6 Å². The SMILES string of the molecule is CN(C)c1ncnc(Cl)c1CS(=O)(=O)F. The smallest absolute Gasteiger partial charge is 0.306 e. The van der Waals surface area contributed by atoms with Crippen molar-refractivity contribution < 1.29 is 12.3 Å². The van der Waals surface area contributed by atoms with Crippen LogP contribution in [0.15, 0.2) is 6.33 Å². The summed E-state index contributed by atoms with van der Waals surface area (Å²) in [6.07, 6.45) is 1.19. The number of aromatic nitrogens is 2. The van der Waals surface area contributed by atoms with Crippen molar-refractivity contribution in [2.45, 2.75) is 5.75 Å². The first kappa shape index (κ1) is 12.1. The lowest BCUT2D eigenvalue weighted by Gasteiger charge is -2.15. The van der Waals surface area contributed by atoms with Gasteiger partial charge in [0.25, 0.3) is 0 Å². The maximum Gasteiger partial charge on any atom is 0.306 e. The van der Waals surface area contributed by atoms with Crippen molar-refractivity contribution in [2.75, 3.05) is 19.0 Å². The average molecular weight is 254 g/mol. The molecule has 5 nitrogen and oxygen atoms in total. The first-order valence-electron chi connectivity index (χ1n) is 3.90. The molecule has 1 rings (SSSR count). The quantitative estimate of drug-likeness (QED) is 0.594. The first-order chi connectivity index (χ1) is 6.81. The number of rotatable bonds is 3. The van der Waals surface area contributed by atoms with Gasteiger partial charge in [-0.2, -0.15) is 8.42 Å². The van der Waals surface area contributed by atoms with Crippen molar-refractivity contribution in [1.29, 1.82) is 0 Å². The maximum absolute atomic E-state index is 12.5. The highest BCUT2D eigenvalue weighted by atomic mass is 35.5. The van der Waals surface area contributed by atoms with Crippen LogP contribution in [0.3, 0.4) is 0 Å². The molecule has 0 aliphatic rings. The number of nitrogens with zero attached hydrogens (tertiary/aromatic N) is 3. The zero-order valence-corrected chi connectivity index (χ0v) is 9.68. The minimum atomic E-state index is -4.65. The van der Waals surface area contributed by atoms with E-state index in [0.717, 1.165) is 0 Å². The highest BCUT2D eigenvalue weighted by Crippen LogP contribution is 2.24. The van der Waals surface area contributed by atoms with E-state index in [4.69, 9.17) is 11.6 Å². The lowest BCUT2D eigenvalue weighted by Crippen LogP contribution is -2.15. The standard InChI is InChI=1S/C7H9ClFN3O2S/c1-12(2)7-5(3-15(9,13)14)6(8)10-4-11-7/h4H,3H2,1-2H3. The Morgan fingerprint density at radius 2 is 2.07 bits per heavy atom. The lowest BCUT2D eigenvalue weighted by atomic mass is 10.3. The van der Waals surface area contributed by atoms with E-state index in [1.807, 2.05) is 0 Å². The zero-order chi connectivity index (χ0) is 11.6. The Kier molecular flexibility index (Phi) is 3.46. The molecule has 0 saturated heterocycles. The number of anilines is 1. The monoisotopic (exact) mass is 253 g/mol. The van der Waals surface area contributed by atoms with Crippen LogP contribution in [0.25, 0.3) is 0 Å². The number of halogens is 2. The van der Waals surface area contributed by atoms with Crippen LogP contribution >= 0.6 is 11.6 Å². The van der Waals surface area contributed by atoms with Crippen molar-refractivity contribution in [3.05, 3.63) is 17.0 Å². The zero-order valence-electron chi connectivity index (χ0n) is 8.11. The summed E-state index contributed by atoms with van der Waals surface area (Å²) in [7, 11) is -1.36. The number of hydrogen-bond donors (Lipinski definition) is 0. The van der Waals surface area contributed by atoms with Crippen molar-refractivity contribution in [3.8, 4) is 0 Å². The largest absolute Gasteiger partial charge is 0.362 e. The molecule has 1 aromatic rings.